The minimum atomic E-state index is -0.0548. The monoisotopic (exact) mass is 310 g/mol. The largest absolute Gasteiger partial charge is 0.310 e. The molecule has 0 radical (unpaired) electrons. The Balaban J connectivity index is 2.82. The predicted octanol–water partition coefficient (Wildman–Crippen LogP) is 3.64. The van der Waals surface area contributed by atoms with Crippen LogP contribution in [-0.2, 0) is 11.0 Å². The molecule has 2 aromatic heterocycles. The lowest BCUT2D eigenvalue weighted by Crippen LogP contribution is -2.22. The lowest BCUT2D eigenvalue weighted by molar-refractivity contribution is 0.405. The highest BCUT2D eigenvalue weighted by Gasteiger charge is 2.25. The van der Waals surface area contributed by atoms with Crippen LogP contribution in [0.2, 0.25) is 0 Å². The fourth-order valence-corrected chi connectivity index (χ4v) is 2.23. The zero-order valence-electron chi connectivity index (χ0n) is 11.7. The van der Waals surface area contributed by atoms with Gasteiger partial charge in [-0.15, -0.1) is 0 Å². The summed E-state index contributed by atoms with van der Waals surface area (Å²) in [5.41, 5.74) is 2.65. The molecule has 4 nitrogen and oxygen atoms in total. The summed E-state index contributed by atoms with van der Waals surface area (Å²) in [5.74, 6) is 0. The van der Waals surface area contributed by atoms with Crippen LogP contribution < -0.4 is 0 Å². The molecule has 0 N–H and O–H groups in total. The van der Waals surface area contributed by atoms with Gasteiger partial charge in [-0.1, -0.05) is 20.8 Å². The molecular weight excluding hydrogens is 292 g/mol. The van der Waals surface area contributed by atoms with E-state index in [0.29, 0.717) is 4.73 Å². The molecule has 0 bridgehead atoms. The molecule has 0 aliphatic rings. The molecule has 0 fully saturated rings. The van der Waals surface area contributed by atoms with Gasteiger partial charge < -0.3 is 4.57 Å². The maximum absolute atomic E-state index is 4.51. The van der Waals surface area contributed by atoms with Crippen LogP contribution in [0.25, 0.3) is 11.2 Å². The lowest BCUT2D eigenvalue weighted by Gasteiger charge is -2.22. The van der Waals surface area contributed by atoms with Crippen molar-refractivity contribution in [3.8, 4) is 0 Å². The summed E-state index contributed by atoms with van der Waals surface area (Å²) in [6.07, 6.45) is 1.85. The second kappa shape index (κ2) is 4.02. The van der Waals surface area contributed by atoms with Gasteiger partial charge in [-0.05, 0) is 36.7 Å². The number of nitrogens with zero attached hydrogens (tertiary/aromatic N) is 4. The summed E-state index contributed by atoms with van der Waals surface area (Å²) in [6.45, 7) is 12.8. The van der Waals surface area contributed by atoms with Gasteiger partial charge in [0.2, 0.25) is 0 Å². The Kier molecular flexibility index (Phi) is 3.00. The highest BCUT2D eigenvalue weighted by Crippen LogP contribution is 2.29. The molecule has 2 aromatic rings. The van der Waals surface area contributed by atoms with Crippen molar-refractivity contribution in [3.05, 3.63) is 16.8 Å². The Bertz CT molecular complexity index is 587. The molecule has 2 heterocycles. The molecule has 2 rings (SSSR count). The third-order valence-corrected chi connectivity index (χ3v) is 3.16. The molecule has 0 saturated heterocycles. The van der Waals surface area contributed by atoms with Crippen molar-refractivity contribution in [1.29, 1.82) is 0 Å². The standard InChI is InChI=1S/C13H19BrN4/c1-12(2,3)9-8-10(17-11(14)16-9)18(7-15-8)13(4,5)6/h7H,1-6H3. The summed E-state index contributed by atoms with van der Waals surface area (Å²) in [4.78, 5) is 13.5. The van der Waals surface area contributed by atoms with E-state index in [0.717, 1.165) is 16.9 Å². The van der Waals surface area contributed by atoms with E-state index in [9.17, 15) is 0 Å². The molecular formula is C13H19BrN4. The first-order chi connectivity index (χ1) is 8.10. The first-order valence-electron chi connectivity index (χ1n) is 6.02. The third-order valence-electron chi connectivity index (χ3n) is 2.80. The highest BCUT2D eigenvalue weighted by atomic mass is 79.9. The lowest BCUT2D eigenvalue weighted by atomic mass is 9.91. The van der Waals surface area contributed by atoms with Crippen LogP contribution in [0.4, 0.5) is 0 Å². The van der Waals surface area contributed by atoms with Crippen LogP contribution in [-0.4, -0.2) is 19.5 Å². The molecule has 98 valence electrons. The molecule has 0 aromatic carbocycles. The van der Waals surface area contributed by atoms with E-state index in [1.54, 1.807) is 0 Å². The van der Waals surface area contributed by atoms with Crippen molar-refractivity contribution in [3.63, 3.8) is 0 Å². The van der Waals surface area contributed by atoms with E-state index in [1.165, 1.54) is 0 Å². The van der Waals surface area contributed by atoms with Gasteiger partial charge in [-0.25, -0.2) is 15.0 Å². The number of imidazole rings is 1. The molecule has 0 spiro atoms. The van der Waals surface area contributed by atoms with Gasteiger partial charge in [0.1, 0.15) is 5.52 Å². The number of hydrogen-bond donors (Lipinski definition) is 0. The fourth-order valence-electron chi connectivity index (χ4n) is 1.89. The Morgan fingerprint density at radius 3 is 2.17 bits per heavy atom. The average Bonchev–Trinajstić information content (AvgIpc) is 2.57. The fraction of sp³-hybridized carbons (Fsp3) is 0.615. The Morgan fingerprint density at radius 1 is 1.06 bits per heavy atom. The van der Waals surface area contributed by atoms with Crippen LogP contribution in [0.1, 0.15) is 47.2 Å². The molecule has 18 heavy (non-hydrogen) atoms. The van der Waals surface area contributed by atoms with E-state index in [-0.39, 0.29) is 11.0 Å². The summed E-state index contributed by atoms with van der Waals surface area (Å²) >= 11 is 3.40. The Morgan fingerprint density at radius 2 is 1.67 bits per heavy atom. The van der Waals surface area contributed by atoms with Crippen molar-refractivity contribution in [2.24, 2.45) is 0 Å². The smallest absolute Gasteiger partial charge is 0.198 e. The number of halogens is 1. The zero-order chi connectivity index (χ0) is 13.7. The maximum atomic E-state index is 4.51. The number of aromatic nitrogens is 4. The minimum Gasteiger partial charge on any atom is -0.310 e. The van der Waals surface area contributed by atoms with Crippen LogP contribution in [0.15, 0.2) is 11.1 Å². The first kappa shape index (κ1) is 13.5. The first-order valence-corrected chi connectivity index (χ1v) is 6.81. The van der Waals surface area contributed by atoms with E-state index in [1.807, 2.05) is 6.33 Å². The van der Waals surface area contributed by atoms with Gasteiger partial charge in [0.25, 0.3) is 0 Å². The van der Waals surface area contributed by atoms with Crippen molar-refractivity contribution in [2.75, 3.05) is 0 Å². The van der Waals surface area contributed by atoms with Crippen molar-refractivity contribution in [1.82, 2.24) is 19.5 Å². The zero-order valence-corrected chi connectivity index (χ0v) is 13.3. The number of rotatable bonds is 0. The van der Waals surface area contributed by atoms with Gasteiger partial charge in [0.15, 0.2) is 10.4 Å². The maximum Gasteiger partial charge on any atom is 0.198 e. The van der Waals surface area contributed by atoms with Crippen LogP contribution in [0, 0.1) is 0 Å². The second-order valence-electron chi connectivity index (χ2n) is 6.55. The molecule has 0 unspecified atom stereocenters. The van der Waals surface area contributed by atoms with Crippen LogP contribution >= 0.6 is 15.9 Å². The van der Waals surface area contributed by atoms with E-state index in [2.05, 4.69) is 77.0 Å². The van der Waals surface area contributed by atoms with Gasteiger partial charge in [0.05, 0.1) is 12.0 Å². The summed E-state index contributed by atoms with van der Waals surface area (Å²) < 4.78 is 2.70. The third kappa shape index (κ3) is 2.28. The number of fused-ring (bicyclic) bond motifs is 1. The summed E-state index contributed by atoms with van der Waals surface area (Å²) in [5, 5.41) is 0. The highest BCUT2D eigenvalue weighted by molar-refractivity contribution is 9.10. The molecule has 0 saturated carbocycles. The molecule has 0 amide bonds. The average molecular weight is 311 g/mol. The summed E-state index contributed by atoms with van der Waals surface area (Å²) in [7, 11) is 0. The topological polar surface area (TPSA) is 43.6 Å². The quantitative estimate of drug-likeness (QED) is 0.698. The van der Waals surface area contributed by atoms with Crippen molar-refractivity contribution < 1.29 is 0 Å². The van der Waals surface area contributed by atoms with E-state index < -0.39 is 0 Å². The molecule has 0 aliphatic heterocycles. The number of hydrogen-bond acceptors (Lipinski definition) is 3. The Hall–Kier alpha value is -0.970. The summed E-state index contributed by atoms with van der Waals surface area (Å²) in [6, 6.07) is 0. The second-order valence-corrected chi connectivity index (χ2v) is 7.26. The van der Waals surface area contributed by atoms with Gasteiger partial charge in [0, 0.05) is 11.0 Å². The Labute approximate surface area is 116 Å². The minimum absolute atomic E-state index is 0.0440. The van der Waals surface area contributed by atoms with Crippen molar-refractivity contribution >= 4 is 27.1 Å². The van der Waals surface area contributed by atoms with Crippen LogP contribution in [0.5, 0.6) is 0 Å². The van der Waals surface area contributed by atoms with E-state index in [4.69, 9.17) is 0 Å². The van der Waals surface area contributed by atoms with E-state index >= 15 is 0 Å². The molecule has 5 heteroatoms. The van der Waals surface area contributed by atoms with Gasteiger partial charge in [-0.3, -0.25) is 0 Å². The van der Waals surface area contributed by atoms with Gasteiger partial charge >= 0.3 is 0 Å². The molecule has 0 atom stereocenters. The SMILES string of the molecule is CC(C)(C)c1nc(Br)nc2c1ncn2C(C)(C)C. The normalized spacial score (nSPS) is 13.3. The molecule has 0 aliphatic carbocycles. The van der Waals surface area contributed by atoms with Gasteiger partial charge in [-0.2, -0.15) is 0 Å². The van der Waals surface area contributed by atoms with Crippen LogP contribution in [0.3, 0.4) is 0 Å². The van der Waals surface area contributed by atoms with Crippen molar-refractivity contribution in [2.45, 2.75) is 52.5 Å². The predicted molar refractivity (Wildman–Crippen MR) is 76.7 cm³/mol.